The first kappa shape index (κ1) is 9.23. The van der Waals surface area contributed by atoms with Crippen molar-refractivity contribution in [3.05, 3.63) is 0 Å². The van der Waals surface area contributed by atoms with Crippen molar-refractivity contribution in [1.29, 1.82) is 0 Å². The van der Waals surface area contributed by atoms with Gasteiger partial charge in [0.15, 0.2) is 0 Å². The minimum absolute atomic E-state index is 0.0972. The van der Waals surface area contributed by atoms with E-state index in [0.717, 1.165) is 12.8 Å². The Kier molecular flexibility index (Phi) is 2.84. The number of carbonyl (C=O) groups is 2. The van der Waals surface area contributed by atoms with Gasteiger partial charge in [0.2, 0.25) is 0 Å². The summed E-state index contributed by atoms with van der Waals surface area (Å²) in [6, 6.07) is 0. The molecule has 0 bridgehead atoms. The van der Waals surface area contributed by atoms with Gasteiger partial charge in [-0.25, -0.2) is 0 Å². The van der Waals surface area contributed by atoms with Crippen LogP contribution >= 0.6 is 0 Å². The molecule has 1 rings (SSSR count). The molecule has 0 aromatic carbocycles. The Morgan fingerprint density at radius 2 is 2.25 bits per heavy atom. The number of carbonyl (C=O) groups excluding carboxylic acids is 1. The second-order valence-electron chi connectivity index (χ2n) is 3.44. The van der Waals surface area contributed by atoms with Gasteiger partial charge in [-0.1, -0.05) is 13.3 Å². The SMILES string of the molecule is CCCC1CC(=O)CC1C(=O)O. The summed E-state index contributed by atoms with van der Waals surface area (Å²) in [5.74, 6) is -1.00. The van der Waals surface area contributed by atoms with Crippen LogP contribution in [0.5, 0.6) is 0 Å². The molecule has 0 amide bonds. The molecule has 0 aliphatic heterocycles. The lowest BCUT2D eigenvalue weighted by atomic mass is 9.92. The Morgan fingerprint density at radius 1 is 1.58 bits per heavy atom. The van der Waals surface area contributed by atoms with E-state index in [-0.39, 0.29) is 18.1 Å². The minimum atomic E-state index is -0.806. The van der Waals surface area contributed by atoms with E-state index in [1.165, 1.54) is 0 Å². The van der Waals surface area contributed by atoms with E-state index in [4.69, 9.17) is 5.11 Å². The zero-order valence-electron chi connectivity index (χ0n) is 7.25. The smallest absolute Gasteiger partial charge is 0.307 e. The van der Waals surface area contributed by atoms with Gasteiger partial charge in [-0.3, -0.25) is 9.59 Å². The molecule has 2 atom stereocenters. The number of rotatable bonds is 3. The van der Waals surface area contributed by atoms with Gasteiger partial charge in [-0.15, -0.1) is 0 Å². The normalized spacial score (nSPS) is 29.2. The molecule has 0 aromatic rings. The molecule has 1 saturated carbocycles. The van der Waals surface area contributed by atoms with Crippen molar-refractivity contribution in [1.82, 2.24) is 0 Å². The van der Waals surface area contributed by atoms with Crippen LogP contribution in [0.3, 0.4) is 0 Å². The summed E-state index contributed by atoms with van der Waals surface area (Å²) in [5.41, 5.74) is 0. The zero-order chi connectivity index (χ0) is 9.14. The number of ketones is 1. The number of carboxylic acids is 1. The fraction of sp³-hybridized carbons (Fsp3) is 0.778. The van der Waals surface area contributed by atoms with Gasteiger partial charge in [0.1, 0.15) is 5.78 Å². The molecular weight excluding hydrogens is 156 g/mol. The third kappa shape index (κ3) is 1.84. The fourth-order valence-corrected chi connectivity index (χ4v) is 1.89. The summed E-state index contributed by atoms with van der Waals surface area (Å²) in [5, 5.41) is 8.78. The zero-order valence-corrected chi connectivity index (χ0v) is 7.25. The highest BCUT2D eigenvalue weighted by Crippen LogP contribution is 2.32. The molecule has 12 heavy (non-hydrogen) atoms. The van der Waals surface area contributed by atoms with Gasteiger partial charge >= 0.3 is 5.97 Å². The summed E-state index contributed by atoms with van der Waals surface area (Å²) in [4.78, 5) is 21.7. The summed E-state index contributed by atoms with van der Waals surface area (Å²) in [6.07, 6.45) is 2.55. The molecule has 0 saturated heterocycles. The molecule has 1 aliphatic carbocycles. The predicted molar refractivity (Wildman–Crippen MR) is 43.8 cm³/mol. The van der Waals surface area contributed by atoms with Crippen LogP contribution in [-0.4, -0.2) is 16.9 Å². The van der Waals surface area contributed by atoms with Gasteiger partial charge in [0.05, 0.1) is 5.92 Å². The summed E-state index contributed by atoms with van der Waals surface area (Å²) in [6.45, 7) is 2.02. The van der Waals surface area contributed by atoms with Crippen LogP contribution < -0.4 is 0 Å². The standard InChI is InChI=1S/C9H14O3/c1-2-3-6-4-7(10)5-8(6)9(11)12/h6,8H,2-5H2,1H3,(H,11,12). The topological polar surface area (TPSA) is 54.4 Å². The van der Waals surface area contributed by atoms with Crippen LogP contribution in [0, 0.1) is 11.8 Å². The highest BCUT2D eigenvalue weighted by atomic mass is 16.4. The van der Waals surface area contributed by atoms with Crippen molar-refractivity contribution in [2.24, 2.45) is 11.8 Å². The second-order valence-corrected chi connectivity index (χ2v) is 3.44. The van der Waals surface area contributed by atoms with Crippen LogP contribution in [0.15, 0.2) is 0 Å². The Labute approximate surface area is 71.8 Å². The predicted octanol–water partition coefficient (Wildman–Crippen LogP) is 1.47. The molecule has 3 heteroatoms. The van der Waals surface area contributed by atoms with Crippen LogP contribution in [0.4, 0.5) is 0 Å². The number of hydrogen-bond acceptors (Lipinski definition) is 2. The van der Waals surface area contributed by atoms with Crippen LogP contribution in [0.25, 0.3) is 0 Å². The van der Waals surface area contributed by atoms with Gasteiger partial charge in [-0.05, 0) is 12.3 Å². The van der Waals surface area contributed by atoms with Gasteiger partial charge < -0.3 is 5.11 Å². The highest BCUT2D eigenvalue weighted by molar-refractivity contribution is 5.87. The van der Waals surface area contributed by atoms with E-state index >= 15 is 0 Å². The lowest BCUT2D eigenvalue weighted by Gasteiger charge is -2.12. The van der Waals surface area contributed by atoms with E-state index in [9.17, 15) is 9.59 Å². The molecule has 1 fully saturated rings. The van der Waals surface area contributed by atoms with Crippen LogP contribution in [0.2, 0.25) is 0 Å². The van der Waals surface area contributed by atoms with Gasteiger partial charge in [-0.2, -0.15) is 0 Å². The van der Waals surface area contributed by atoms with Crippen molar-refractivity contribution >= 4 is 11.8 Å². The lowest BCUT2D eigenvalue weighted by Crippen LogP contribution is -2.17. The first-order valence-electron chi connectivity index (χ1n) is 4.39. The van der Waals surface area contributed by atoms with E-state index in [1.54, 1.807) is 0 Å². The molecule has 1 aliphatic rings. The van der Waals surface area contributed by atoms with E-state index in [2.05, 4.69) is 0 Å². The van der Waals surface area contributed by atoms with Crippen molar-refractivity contribution in [2.75, 3.05) is 0 Å². The van der Waals surface area contributed by atoms with E-state index < -0.39 is 11.9 Å². The van der Waals surface area contributed by atoms with Crippen molar-refractivity contribution in [2.45, 2.75) is 32.6 Å². The Morgan fingerprint density at radius 3 is 2.75 bits per heavy atom. The second kappa shape index (κ2) is 3.70. The van der Waals surface area contributed by atoms with Crippen LogP contribution in [0.1, 0.15) is 32.6 Å². The average molecular weight is 170 g/mol. The van der Waals surface area contributed by atoms with E-state index in [0.29, 0.717) is 6.42 Å². The number of aliphatic carboxylic acids is 1. The third-order valence-corrected chi connectivity index (χ3v) is 2.48. The molecule has 0 radical (unpaired) electrons. The molecule has 1 N–H and O–H groups in total. The molecule has 0 aromatic heterocycles. The fourth-order valence-electron chi connectivity index (χ4n) is 1.89. The highest BCUT2D eigenvalue weighted by Gasteiger charge is 2.36. The number of Topliss-reactive ketones (excluding diaryl/α,β-unsaturated/α-hetero) is 1. The molecule has 2 unspecified atom stereocenters. The van der Waals surface area contributed by atoms with Crippen molar-refractivity contribution < 1.29 is 14.7 Å². The van der Waals surface area contributed by atoms with Gasteiger partial charge in [0, 0.05) is 12.8 Å². The maximum atomic E-state index is 11.0. The van der Waals surface area contributed by atoms with Crippen molar-refractivity contribution in [3.8, 4) is 0 Å². The Balaban J connectivity index is 2.59. The Bertz CT molecular complexity index is 198. The molecule has 68 valence electrons. The first-order chi connectivity index (χ1) is 5.65. The molecule has 3 nitrogen and oxygen atoms in total. The maximum absolute atomic E-state index is 11.0. The third-order valence-electron chi connectivity index (χ3n) is 2.48. The van der Waals surface area contributed by atoms with E-state index in [1.807, 2.05) is 6.92 Å². The quantitative estimate of drug-likeness (QED) is 0.697. The van der Waals surface area contributed by atoms with Gasteiger partial charge in [0.25, 0.3) is 0 Å². The molecular formula is C9H14O3. The van der Waals surface area contributed by atoms with Crippen LogP contribution in [-0.2, 0) is 9.59 Å². The average Bonchev–Trinajstić information content (AvgIpc) is 2.32. The Hall–Kier alpha value is -0.860. The largest absolute Gasteiger partial charge is 0.481 e. The maximum Gasteiger partial charge on any atom is 0.307 e. The summed E-state index contributed by atoms with van der Waals surface area (Å²) < 4.78 is 0. The molecule has 0 spiro atoms. The minimum Gasteiger partial charge on any atom is -0.481 e. The summed E-state index contributed by atoms with van der Waals surface area (Å²) >= 11 is 0. The van der Waals surface area contributed by atoms with Crippen molar-refractivity contribution in [3.63, 3.8) is 0 Å². The number of carboxylic acid groups (broad SMARTS) is 1. The number of hydrogen-bond donors (Lipinski definition) is 1. The first-order valence-corrected chi connectivity index (χ1v) is 4.39. The monoisotopic (exact) mass is 170 g/mol. The molecule has 0 heterocycles. The summed E-state index contributed by atoms with van der Waals surface area (Å²) in [7, 11) is 0. The lowest BCUT2D eigenvalue weighted by molar-refractivity contribution is -0.143.